The van der Waals surface area contributed by atoms with Gasteiger partial charge in [-0.1, -0.05) is 12.8 Å². The van der Waals surface area contributed by atoms with Gasteiger partial charge in [0.25, 0.3) is 5.91 Å². The van der Waals surface area contributed by atoms with Gasteiger partial charge in [0.1, 0.15) is 5.75 Å². The van der Waals surface area contributed by atoms with Crippen molar-refractivity contribution in [2.45, 2.75) is 58.1 Å². The van der Waals surface area contributed by atoms with Crippen LogP contribution < -0.4 is 0 Å². The van der Waals surface area contributed by atoms with Crippen LogP contribution in [0.25, 0.3) is 0 Å². The molecule has 0 bridgehead atoms. The average Bonchev–Trinajstić information content (AvgIpc) is 2.63. The highest BCUT2D eigenvalue weighted by molar-refractivity contribution is 5.96. The third-order valence-corrected chi connectivity index (χ3v) is 4.19. The molecular formula is C17H25NO3. The van der Waals surface area contributed by atoms with E-state index in [1.807, 2.05) is 11.8 Å². The van der Waals surface area contributed by atoms with Crippen molar-refractivity contribution in [2.75, 3.05) is 6.54 Å². The highest BCUT2D eigenvalue weighted by Gasteiger charge is 2.27. The molecule has 2 rings (SSSR count). The molecule has 1 aromatic carbocycles. The molecule has 4 heteroatoms. The van der Waals surface area contributed by atoms with Crippen molar-refractivity contribution in [2.24, 2.45) is 0 Å². The molecule has 21 heavy (non-hydrogen) atoms. The van der Waals surface area contributed by atoms with Crippen molar-refractivity contribution in [1.82, 2.24) is 4.90 Å². The molecule has 0 spiro atoms. The van der Waals surface area contributed by atoms with Crippen LogP contribution in [0.5, 0.6) is 5.75 Å². The number of hydrogen-bond donors (Lipinski definition) is 2. The lowest BCUT2D eigenvalue weighted by atomic mass is 10.0. The van der Waals surface area contributed by atoms with E-state index in [0.717, 1.165) is 37.8 Å². The maximum Gasteiger partial charge on any atom is 0.254 e. The molecule has 1 heterocycles. The van der Waals surface area contributed by atoms with Gasteiger partial charge in [-0.25, -0.2) is 0 Å². The lowest BCUT2D eigenvalue weighted by Gasteiger charge is -2.31. The van der Waals surface area contributed by atoms with Crippen LogP contribution >= 0.6 is 0 Å². The van der Waals surface area contributed by atoms with E-state index in [4.69, 9.17) is 0 Å². The number of nitrogens with zero attached hydrogens (tertiary/aromatic N) is 1. The summed E-state index contributed by atoms with van der Waals surface area (Å²) in [4.78, 5) is 14.8. The number of carbonyl (C=O) groups excluding carboxylic acids is 1. The molecule has 1 fully saturated rings. The maximum atomic E-state index is 12.8. The first-order valence-corrected chi connectivity index (χ1v) is 7.77. The molecule has 1 aliphatic heterocycles. The van der Waals surface area contributed by atoms with E-state index in [2.05, 4.69) is 0 Å². The predicted molar refractivity (Wildman–Crippen MR) is 82.4 cm³/mol. The van der Waals surface area contributed by atoms with Gasteiger partial charge >= 0.3 is 0 Å². The third kappa shape index (κ3) is 3.97. The van der Waals surface area contributed by atoms with Gasteiger partial charge in [0.15, 0.2) is 0 Å². The number of benzene rings is 1. The summed E-state index contributed by atoms with van der Waals surface area (Å²) in [5.41, 5.74) is 1.44. The molecule has 116 valence electrons. The lowest BCUT2D eigenvalue weighted by molar-refractivity contribution is 0.0606. The average molecular weight is 291 g/mol. The van der Waals surface area contributed by atoms with E-state index in [1.165, 1.54) is 0 Å². The number of carbonyl (C=O) groups is 1. The molecule has 4 nitrogen and oxygen atoms in total. The molecule has 0 saturated carbocycles. The molecule has 1 amide bonds. The number of rotatable bonds is 3. The minimum Gasteiger partial charge on any atom is -0.508 e. The maximum absolute atomic E-state index is 12.8. The first-order valence-electron chi connectivity index (χ1n) is 7.77. The number of aromatic hydroxyl groups is 1. The second-order valence-corrected chi connectivity index (χ2v) is 6.09. The Kier molecular flexibility index (Phi) is 5.23. The van der Waals surface area contributed by atoms with Gasteiger partial charge in [-0.3, -0.25) is 4.79 Å². The van der Waals surface area contributed by atoms with Gasteiger partial charge in [0.2, 0.25) is 0 Å². The monoisotopic (exact) mass is 291 g/mol. The van der Waals surface area contributed by atoms with Gasteiger partial charge < -0.3 is 15.1 Å². The van der Waals surface area contributed by atoms with Crippen LogP contribution in [0, 0.1) is 6.92 Å². The van der Waals surface area contributed by atoms with E-state index >= 15 is 0 Å². The fourth-order valence-electron chi connectivity index (χ4n) is 3.13. The Labute approximate surface area is 126 Å². The SMILES string of the molecule is Cc1cc(O)ccc1C(=O)N1CCCCCC1CC(C)O. The third-order valence-electron chi connectivity index (χ3n) is 4.19. The molecule has 2 atom stereocenters. The standard InChI is InChI=1S/C17H25NO3/c1-12-10-15(20)7-8-16(12)17(21)18-9-5-3-4-6-14(18)11-13(2)19/h7-8,10,13-14,19-20H,3-6,9,11H2,1-2H3. The molecule has 1 aromatic rings. The highest BCUT2D eigenvalue weighted by Crippen LogP contribution is 2.24. The minimum atomic E-state index is -0.399. The van der Waals surface area contributed by atoms with E-state index in [1.54, 1.807) is 25.1 Å². The number of likely N-dealkylation sites (tertiary alicyclic amines) is 1. The van der Waals surface area contributed by atoms with Crippen molar-refractivity contribution < 1.29 is 15.0 Å². The Balaban J connectivity index is 2.24. The number of phenolic OH excluding ortho intramolecular Hbond substituents is 1. The number of phenols is 1. The molecule has 0 aliphatic carbocycles. The van der Waals surface area contributed by atoms with Crippen molar-refractivity contribution >= 4 is 5.91 Å². The molecule has 1 aliphatic rings. The zero-order valence-electron chi connectivity index (χ0n) is 12.9. The van der Waals surface area contributed by atoms with Crippen LogP contribution in [-0.2, 0) is 0 Å². The summed E-state index contributed by atoms with van der Waals surface area (Å²) in [6.07, 6.45) is 4.43. The van der Waals surface area contributed by atoms with Crippen molar-refractivity contribution in [1.29, 1.82) is 0 Å². The Hall–Kier alpha value is -1.55. The van der Waals surface area contributed by atoms with Crippen LogP contribution in [-0.4, -0.2) is 39.7 Å². The zero-order chi connectivity index (χ0) is 15.4. The second-order valence-electron chi connectivity index (χ2n) is 6.09. The summed E-state index contributed by atoms with van der Waals surface area (Å²) < 4.78 is 0. The fourth-order valence-corrected chi connectivity index (χ4v) is 3.13. The smallest absolute Gasteiger partial charge is 0.254 e. The van der Waals surface area contributed by atoms with E-state index in [9.17, 15) is 15.0 Å². The Morgan fingerprint density at radius 2 is 2.14 bits per heavy atom. The van der Waals surface area contributed by atoms with E-state index in [0.29, 0.717) is 12.0 Å². The summed E-state index contributed by atoms with van der Waals surface area (Å²) in [5, 5.41) is 19.2. The van der Waals surface area contributed by atoms with Gasteiger partial charge in [-0.05, 0) is 56.9 Å². The summed E-state index contributed by atoms with van der Waals surface area (Å²) in [7, 11) is 0. The number of aryl methyl sites for hydroxylation is 1. The van der Waals surface area contributed by atoms with Gasteiger partial charge in [-0.2, -0.15) is 0 Å². The van der Waals surface area contributed by atoms with Crippen LogP contribution in [0.2, 0.25) is 0 Å². The number of hydrogen-bond acceptors (Lipinski definition) is 3. The summed E-state index contributed by atoms with van der Waals surface area (Å²) in [5.74, 6) is 0.195. The number of amides is 1. The van der Waals surface area contributed by atoms with Crippen molar-refractivity contribution in [3.05, 3.63) is 29.3 Å². The first-order chi connectivity index (χ1) is 9.99. The van der Waals surface area contributed by atoms with E-state index in [-0.39, 0.29) is 17.7 Å². The Morgan fingerprint density at radius 1 is 1.38 bits per heavy atom. The topological polar surface area (TPSA) is 60.8 Å². The van der Waals surface area contributed by atoms with Crippen LogP contribution in [0.1, 0.15) is 54.9 Å². The minimum absolute atomic E-state index is 0.0139. The second kappa shape index (κ2) is 6.94. The van der Waals surface area contributed by atoms with Crippen LogP contribution in [0.4, 0.5) is 0 Å². The largest absolute Gasteiger partial charge is 0.508 e. The Morgan fingerprint density at radius 3 is 2.81 bits per heavy atom. The summed E-state index contributed by atoms with van der Waals surface area (Å²) in [6.45, 7) is 4.37. The number of aliphatic hydroxyl groups is 1. The molecule has 2 N–H and O–H groups in total. The zero-order valence-corrected chi connectivity index (χ0v) is 12.9. The Bertz CT molecular complexity index is 499. The van der Waals surface area contributed by atoms with Gasteiger partial charge in [0.05, 0.1) is 6.10 Å². The highest BCUT2D eigenvalue weighted by atomic mass is 16.3. The van der Waals surface area contributed by atoms with Gasteiger partial charge in [0, 0.05) is 18.2 Å². The quantitative estimate of drug-likeness (QED) is 0.900. The van der Waals surface area contributed by atoms with Gasteiger partial charge in [-0.15, -0.1) is 0 Å². The van der Waals surface area contributed by atoms with Crippen molar-refractivity contribution in [3.63, 3.8) is 0 Å². The molecule has 2 unspecified atom stereocenters. The molecule has 1 saturated heterocycles. The first kappa shape index (κ1) is 15.8. The summed E-state index contributed by atoms with van der Waals surface area (Å²) >= 11 is 0. The molecule has 0 aromatic heterocycles. The predicted octanol–water partition coefficient (Wildman–Crippen LogP) is 2.86. The fraction of sp³-hybridized carbons (Fsp3) is 0.588. The van der Waals surface area contributed by atoms with Crippen LogP contribution in [0.15, 0.2) is 18.2 Å². The number of aliphatic hydroxyl groups excluding tert-OH is 1. The van der Waals surface area contributed by atoms with E-state index < -0.39 is 6.10 Å². The molecular weight excluding hydrogens is 266 g/mol. The lowest BCUT2D eigenvalue weighted by Crippen LogP contribution is -2.41. The van der Waals surface area contributed by atoms with Crippen LogP contribution in [0.3, 0.4) is 0 Å². The molecule has 0 radical (unpaired) electrons. The summed E-state index contributed by atoms with van der Waals surface area (Å²) in [6, 6.07) is 4.97. The normalized spacial score (nSPS) is 20.9. The van der Waals surface area contributed by atoms with Crippen molar-refractivity contribution in [3.8, 4) is 5.75 Å².